The van der Waals surface area contributed by atoms with E-state index in [1.54, 1.807) is 0 Å². The monoisotopic (exact) mass is 252 g/mol. The fourth-order valence-corrected chi connectivity index (χ4v) is 3.84. The smallest absolute Gasteiger partial charge is 0.226 e. The predicted molar refractivity (Wildman–Crippen MR) is 74.4 cm³/mol. The summed E-state index contributed by atoms with van der Waals surface area (Å²) in [5.74, 6) is 0.789. The van der Waals surface area contributed by atoms with Crippen LogP contribution in [0.25, 0.3) is 0 Å². The molecule has 0 aromatic heterocycles. The number of likely N-dealkylation sites (N-methyl/N-ethyl adjacent to an activating group) is 1. The maximum absolute atomic E-state index is 12.3. The second-order valence-corrected chi connectivity index (χ2v) is 6.78. The van der Waals surface area contributed by atoms with Crippen LogP contribution < -0.4 is 0 Å². The molecule has 2 atom stereocenters. The van der Waals surface area contributed by atoms with E-state index in [2.05, 4.69) is 30.7 Å². The van der Waals surface area contributed by atoms with E-state index in [0.29, 0.717) is 29.3 Å². The van der Waals surface area contributed by atoms with Crippen LogP contribution in [0.2, 0.25) is 0 Å². The summed E-state index contributed by atoms with van der Waals surface area (Å²) < 4.78 is 0. The summed E-state index contributed by atoms with van der Waals surface area (Å²) in [6, 6.07) is 1.06. The quantitative estimate of drug-likeness (QED) is 0.715. The summed E-state index contributed by atoms with van der Waals surface area (Å²) in [5.41, 5.74) is 0.414. The Kier molecular flexibility index (Phi) is 3.72. The molecule has 3 heterocycles. The van der Waals surface area contributed by atoms with Crippen molar-refractivity contribution in [2.24, 2.45) is 11.3 Å². The van der Waals surface area contributed by atoms with E-state index < -0.39 is 0 Å². The number of piperidine rings is 1. The number of carbonyl (C=O) groups excluding carboxylic acids is 1. The zero-order valence-corrected chi connectivity index (χ0v) is 12.6. The van der Waals surface area contributed by atoms with E-state index in [-0.39, 0.29) is 0 Å². The summed E-state index contributed by atoms with van der Waals surface area (Å²) in [6.07, 6.45) is 3.43. The van der Waals surface area contributed by atoms with Gasteiger partial charge in [0.2, 0.25) is 5.91 Å². The van der Waals surface area contributed by atoms with Crippen LogP contribution in [0.3, 0.4) is 0 Å². The Morgan fingerprint density at radius 2 is 1.61 bits per heavy atom. The minimum Gasteiger partial charge on any atom is -0.334 e. The van der Waals surface area contributed by atoms with Crippen LogP contribution in [-0.2, 0) is 4.79 Å². The van der Waals surface area contributed by atoms with Crippen molar-refractivity contribution in [3.05, 3.63) is 0 Å². The Morgan fingerprint density at radius 1 is 1.11 bits per heavy atom. The minimum absolute atomic E-state index is 0.337. The first-order valence-electron chi connectivity index (χ1n) is 7.47. The highest BCUT2D eigenvalue weighted by Gasteiger charge is 2.51. The maximum Gasteiger partial charge on any atom is 0.226 e. The molecule has 3 saturated heterocycles. The number of piperazine rings is 1. The van der Waals surface area contributed by atoms with Gasteiger partial charge in [-0.3, -0.25) is 4.79 Å². The fraction of sp³-hybridized carbons (Fsp3) is 0.933. The van der Waals surface area contributed by atoms with Gasteiger partial charge in [0.05, 0.1) is 0 Å². The first kappa shape index (κ1) is 13.9. The molecular formula is C15H28N2O. The zero-order chi connectivity index (χ0) is 13.5. The molecule has 1 amide bonds. The molecule has 2 unspecified atom stereocenters. The molecule has 4 aliphatic rings. The molecule has 0 aromatic carbocycles. The molecule has 18 heavy (non-hydrogen) atoms. The molecule has 0 spiro atoms. The van der Waals surface area contributed by atoms with Crippen molar-refractivity contribution in [2.45, 2.75) is 59.0 Å². The molecule has 4 fully saturated rings. The van der Waals surface area contributed by atoms with Crippen molar-refractivity contribution in [2.75, 3.05) is 20.1 Å². The molecule has 0 aromatic rings. The zero-order valence-electron chi connectivity index (χ0n) is 12.6. The summed E-state index contributed by atoms with van der Waals surface area (Å²) in [4.78, 5) is 16.9. The number of nitrogens with zero attached hydrogens (tertiary/aromatic N) is 2. The van der Waals surface area contributed by atoms with Crippen LogP contribution >= 0.6 is 0 Å². The average molecular weight is 252 g/mol. The van der Waals surface area contributed by atoms with Gasteiger partial charge in [0.15, 0.2) is 0 Å². The number of rotatable bonds is 1. The Hall–Kier alpha value is -0.570. The third-order valence-electron chi connectivity index (χ3n) is 4.58. The molecule has 0 N–H and O–H groups in total. The van der Waals surface area contributed by atoms with Gasteiger partial charge in [-0.2, -0.15) is 0 Å². The van der Waals surface area contributed by atoms with Gasteiger partial charge >= 0.3 is 0 Å². The SMILES string of the molecule is CC.CN1CC2CC(C1)N2C(=O)C1CC(C)(C)C1. The first-order valence-corrected chi connectivity index (χ1v) is 7.47. The highest BCUT2D eigenvalue weighted by atomic mass is 16.2. The van der Waals surface area contributed by atoms with E-state index in [1.807, 2.05) is 13.8 Å². The van der Waals surface area contributed by atoms with E-state index >= 15 is 0 Å². The van der Waals surface area contributed by atoms with Crippen molar-refractivity contribution < 1.29 is 4.79 Å². The predicted octanol–water partition coefficient (Wildman–Crippen LogP) is 2.36. The lowest BCUT2D eigenvalue weighted by atomic mass is 9.63. The van der Waals surface area contributed by atoms with Gasteiger partial charge < -0.3 is 9.80 Å². The molecule has 104 valence electrons. The number of carbonyl (C=O) groups is 1. The highest BCUT2D eigenvalue weighted by Crippen LogP contribution is 2.47. The van der Waals surface area contributed by atoms with Crippen LogP contribution in [0.15, 0.2) is 0 Å². The number of fused-ring (bicyclic) bond motifs is 2. The third-order valence-corrected chi connectivity index (χ3v) is 4.58. The van der Waals surface area contributed by atoms with Crippen LogP contribution in [0.5, 0.6) is 0 Å². The highest BCUT2D eigenvalue weighted by molar-refractivity contribution is 5.81. The lowest BCUT2D eigenvalue weighted by Crippen LogP contribution is -2.70. The number of hydrogen-bond acceptors (Lipinski definition) is 2. The topological polar surface area (TPSA) is 23.6 Å². The molecule has 2 bridgehead atoms. The molecular weight excluding hydrogens is 224 g/mol. The lowest BCUT2D eigenvalue weighted by molar-refractivity contribution is -0.164. The fourth-order valence-electron chi connectivity index (χ4n) is 3.84. The van der Waals surface area contributed by atoms with Gasteiger partial charge in [-0.1, -0.05) is 27.7 Å². The van der Waals surface area contributed by atoms with Crippen molar-refractivity contribution >= 4 is 5.91 Å². The van der Waals surface area contributed by atoms with Gasteiger partial charge in [0.25, 0.3) is 0 Å². The molecule has 3 aliphatic heterocycles. The van der Waals surface area contributed by atoms with E-state index in [0.717, 1.165) is 25.9 Å². The second-order valence-electron chi connectivity index (χ2n) is 6.78. The van der Waals surface area contributed by atoms with Crippen molar-refractivity contribution in [1.29, 1.82) is 0 Å². The number of hydrogen-bond donors (Lipinski definition) is 0. The maximum atomic E-state index is 12.3. The average Bonchev–Trinajstić information content (AvgIpc) is 2.27. The Morgan fingerprint density at radius 3 is 2.06 bits per heavy atom. The molecule has 4 rings (SSSR count). The minimum atomic E-state index is 0.337. The summed E-state index contributed by atoms with van der Waals surface area (Å²) in [7, 11) is 2.16. The Balaban J connectivity index is 0.000000574. The number of amides is 1. The van der Waals surface area contributed by atoms with Gasteiger partial charge in [-0.05, 0) is 31.7 Å². The summed E-state index contributed by atoms with van der Waals surface area (Å²) in [5, 5.41) is 0. The molecule has 3 nitrogen and oxygen atoms in total. The standard InChI is InChI=1S/C13H22N2O.C2H6/c1-13(2)5-9(6-13)12(16)15-10-4-11(15)8-14(3)7-10;1-2/h9-11H,4-8H2,1-3H3;1-2H3. The van der Waals surface area contributed by atoms with E-state index in [1.165, 1.54) is 6.42 Å². The van der Waals surface area contributed by atoms with Crippen LogP contribution in [0, 0.1) is 11.3 Å². The van der Waals surface area contributed by atoms with Gasteiger partial charge in [0.1, 0.15) is 0 Å². The molecule has 3 heteroatoms. The van der Waals surface area contributed by atoms with Gasteiger partial charge in [-0.15, -0.1) is 0 Å². The second kappa shape index (κ2) is 4.84. The lowest BCUT2D eigenvalue weighted by Gasteiger charge is -2.58. The molecule has 1 saturated carbocycles. The van der Waals surface area contributed by atoms with Gasteiger partial charge in [-0.25, -0.2) is 0 Å². The Bertz CT molecular complexity index is 306. The Labute approximate surface area is 112 Å². The van der Waals surface area contributed by atoms with E-state index in [9.17, 15) is 4.79 Å². The van der Waals surface area contributed by atoms with Crippen molar-refractivity contribution in [3.63, 3.8) is 0 Å². The molecule has 0 radical (unpaired) electrons. The normalized spacial score (nSPS) is 33.9. The van der Waals surface area contributed by atoms with Crippen LogP contribution in [0.1, 0.15) is 47.0 Å². The van der Waals surface area contributed by atoms with E-state index in [4.69, 9.17) is 0 Å². The molecule has 1 aliphatic carbocycles. The third kappa shape index (κ3) is 2.29. The van der Waals surface area contributed by atoms with Crippen LogP contribution in [0.4, 0.5) is 0 Å². The van der Waals surface area contributed by atoms with Gasteiger partial charge in [0, 0.05) is 31.1 Å². The summed E-state index contributed by atoms with van der Waals surface area (Å²) >= 11 is 0. The van der Waals surface area contributed by atoms with Crippen molar-refractivity contribution in [3.8, 4) is 0 Å². The van der Waals surface area contributed by atoms with Crippen LogP contribution in [-0.4, -0.2) is 47.9 Å². The largest absolute Gasteiger partial charge is 0.334 e. The summed E-state index contributed by atoms with van der Waals surface area (Å²) in [6.45, 7) is 10.7. The van der Waals surface area contributed by atoms with Crippen molar-refractivity contribution in [1.82, 2.24) is 9.80 Å². The first-order chi connectivity index (χ1) is 8.46.